The van der Waals surface area contributed by atoms with Crippen molar-refractivity contribution >= 4 is 37.5 Å². The SMILES string of the molecule is C[C@@H](NC(=O)c1cccc(NS(C)(=O)=O)c1)c1cccc(Br)c1. The first-order valence-corrected chi connectivity index (χ1v) is 9.57. The molecule has 7 heteroatoms. The number of anilines is 1. The van der Waals surface area contributed by atoms with E-state index in [1.54, 1.807) is 18.2 Å². The third kappa shape index (κ3) is 5.37. The summed E-state index contributed by atoms with van der Waals surface area (Å²) in [6.45, 7) is 1.89. The fraction of sp³-hybridized carbons (Fsp3) is 0.188. The Hall–Kier alpha value is -1.86. The number of rotatable bonds is 5. The first-order valence-electron chi connectivity index (χ1n) is 6.89. The molecule has 0 fully saturated rings. The van der Waals surface area contributed by atoms with E-state index in [0.717, 1.165) is 16.3 Å². The standard InChI is InChI=1S/C16H17BrN2O3S/c1-11(12-5-3-7-14(17)9-12)18-16(20)13-6-4-8-15(10-13)19-23(2,21)22/h3-11,19H,1-2H3,(H,18,20)/t11-/m1/s1. The topological polar surface area (TPSA) is 75.3 Å². The highest BCUT2D eigenvalue weighted by Crippen LogP contribution is 2.19. The van der Waals surface area contributed by atoms with Gasteiger partial charge in [0, 0.05) is 15.7 Å². The number of amides is 1. The molecule has 0 aliphatic rings. The van der Waals surface area contributed by atoms with Gasteiger partial charge in [0.05, 0.1) is 12.3 Å². The Bertz CT molecular complexity index is 822. The summed E-state index contributed by atoms with van der Waals surface area (Å²) in [4.78, 5) is 12.3. The molecule has 0 saturated carbocycles. The van der Waals surface area contributed by atoms with Crippen LogP contribution >= 0.6 is 15.9 Å². The maximum absolute atomic E-state index is 12.3. The van der Waals surface area contributed by atoms with Gasteiger partial charge in [-0.05, 0) is 42.8 Å². The molecule has 0 aromatic heterocycles. The van der Waals surface area contributed by atoms with E-state index >= 15 is 0 Å². The minimum atomic E-state index is -3.38. The highest BCUT2D eigenvalue weighted by Gasteiger charge is 2.12. The van der Waals surface area contributed by atoms with Crippen molar-refractivity contribution in [2.24, 2.45) is 0 Å². The van der Waals surface area contributed by atoms with Crippen molar-refractivity contribution in [2.45, 2.75) is 13.0 Å². The third-order valence-electron chi connectivity index (χ3n) is 3.12. The van der Waals surface area contributed by atoms with Crippen molar-refractivity contribution in [3.8, 4) is 0 Å². The van der Waals surface area contributed by atoms with Crippen LogP contribution in [-0.4, -0.2) is 20.6 Å². The normalized spacial score (nSPS) is 12.5. The maximum Gasteiger partial charge on any atom is 0.251 e. The van der Waals surface area contributed by atoms with Gasteiger partial charge in [0.2, 0.25) is 10.0 Å². The zero-order chi connectivity index (χ0) is 17.0. The number of sulfonamides is 1. The number of benzene rings is 2. The molecule has 2 N–H and O–H groups in total. The summed E-state index contributed by atoms with van der Waals surface area (Å²) in [5.74, 6) is -0.269. The smallest absolute Gasteiger partial charge is 0.251 e. The minimum absolute atomic E-state index is 0.175. The third-order valence-corrected chi connectivity index (χ3v) is 4.22. The Balaban J connectivity index is 2.13. The molecule has 23 heavy (non-hydrogen) atoms. The minimum Gasteiger partial charge on any atom is -0.346 e. The van der Waals surface area contributed by atoms with Crippen LogP contribution in [0.15, 0.2) is 53.0 Å². The number of hydrogen-bond acceptors (Lipinski definition) is 3. The molecule has 0 radical (unpaired) electrons. The van der Waals surface area contributed by atoms with Crippen LogP contribution < -0.4 is 10.0 Å². The van der Waals surface area contributed by atoms with Gasteiger partial charge in [-0.3, -0.25) is 9.52 Å². The molecule has 0 aliphatic carbocycles. The van der Waals surface area contributed by atoms with Crippen molar-refractivity contribution in [1.29, 1.82) is 0 Å². The van der Waals surface area contributed by atoms with Crippen molar-refractivity contribution in [1.82, 2.24) is 5.32 Å². The van der Waals surface area contributed by atoms with E-state index in [1.165, 1.54) is 6.07 Å². The van der Waals surface area contributed by atoms with E-state index in [4.69, 9.17) is 0 Å². The predicted octanol–water partition coefficient (Wildman–Crippen LogP) is 3.31. The quantitative estimate of drug-likeness (QED) is 0.813. The van der Waals surface area contributed by atoms with Crippen LogP contribution in [0.25, 0.3) is 0 Å². The second kappa shape index (κ2) is 7.14. The average Bonchev–Trinajstić information content (AvgIpc) is 2.45. The second-order valence-electron chi connectivity index (χ2n) is 5.21. The monoisotopic (exact) mass is 396 g/mol. The molecule has 0 aliphatic heterocycles. The lowest BCUT2D eigenvalue weighted by molar-refractivity contribution is 0.0940. The Morgan fingerprint density at radius 2 is 1.83 bits per heavy atom. The molecule has 122 valence electrons. The molecule has 2 aromatic carbocycles. The average molecular weight is 397 g/mol. The molecule has 0 unspecified atom stereocenters. The summed E-state index contributed by atoms with van der Waals surface area (Å²) in [6.07, 6.45) is 1.06. The van der Waals surface area contributed by atoms with Crippen LogP contribution in [0.4, 0.5) is 5.69 Å². The van der Waals surface area contributed by atoms with Crippen molar-refractivity contribution in [3.63, 3.8) is 0 Å². The number of carbonyl (C=O) groups is 1. The first kappa shape index (κ1) is 17.5. The fourth-order valence-electron chi connectivity index (χ4n) is 2.08. The maximum atomic E-state index is 12.3. The zero-order valence-electron chi connectivity index (χ0n) is 12.7. The molecule has 1 amide bonds. The molecule has 2 rings (SSSR count). The highest BCUT2D eigenvalue weighted by atomic mass is 79.9. The van der Waals surface area contributed by atoms with Crippen molar-refractivity contribution in [3.05, 3.63) is 64.1 Å². The molecule has 0 heterocycles. The largest absolute Gasteiger partial charge is 0.346 e. The molecule has 1 atom stereocenters. The molecule has 2 aromatic rings. The molecular formula is C16H17BrN2O3S. The van der Waals surface area contributed by atoms with Gasteiger partial charge in [-0.2, -0.15) is 0 Å². The van der Waals surface area contributed by atoms with Gasteiger partial charge in [0.15, 0.2) is 0 Å². The van der Waals surface area contributed by atoms with Crippen LogP contribution in [-0.2, 0) is 10.0 Å². The van der Waals surface area contributed by atoms with Gasteiger partial charge in [-0.1, -0.05) is 34.1 Å². The Kier molecular flexibility index (Phi) is 5.43. The summed E-state index contributed by atoms with van der Waals surface area (Å²) in [5.41, 5.74) is 1.72. The number of carbonyl (C=O) groups excluding carboxylic acids is 1. The molecule has 0 bridgehead atoms. The summed E-state index contributed by atoms with van der Waals surface area (Å²) >= 11 is 3.40. The summed E-state index contributed by atoms with van der Waals surface area (Å²) in [5, 5.41) is 2.89. The lowest BCUT2D eigenvalue weighted by Crippen LogP contribution is -2.26. The van der Waals surface area contributed by atoms with Crippen LogP contribution in [0.5, 0.6) is 0 Å². The van der Waals surface area contributed by atoms with E-state index in [0.29, 0.717) is 11.3 Å². The summed E-state index contributed by atoms with van der Waals surface area (Å²) in [7, 11) is -3.38. The van der Waals surface area contributed by atoms with E-state index < -0.39 is 10.0 Å². The van der Waals surface area contributed by atoms with Crippen LogP contribution in [0, 0.1) is 0 Å². The van der Waals surface area contributed by atoms with E-state index in [9.17, 15) is 13.2 Å². The Morgan fingerprint density at radius 1 is 1.13 bits per heavy atom. The molecular weight excluding hydrogens is 380 g/mol. The van der Waals surface area contributed by atoms with E-state index in [1.807, 2.05) is 31.2 Å². The lowest BCUT2D eigenvalue weighted by atomic mass is 10.1. The summed E-state index contributed by atoms with van der Waals surface area (Å²) in [6, 6.07) is 13.9. The molecule has 5 nitrogen and oxygen atoms in total. The van der Waals surface area contributed by atoms with Crippen molar-refractivity contribution in [2.75, 3.05) is 11.0 Å². The Labute approximate surface area is 144 Å². The molecule has 0 spiro atoms. The van der Waals surface area contributed by atoms with Crippen LogP contribution in [0.3, 0.4) is 0 Å². The second-order valence-corrected chi connectivity index (χ2v) is 7.87. The van der Waals surface area contributed by atoms with Gasteiger partial charge in [-0.15, -0.1) is 0 Å². The highest BCUT2D eigenvalue weighted by molar-refractivity contribution is 9.10. The van der Waals surface area contributed by atoms with E-state index in [2.05, 4.69) is 26.0 Å². The Morgan fingerprint density at radius 3 is 2.48 bits per heavy atom. The van der Waals surface area contributed by atoms with Gasteiger partial charge in [0.25, 0.3) is 5.91 Å². The lowest BCUT2D eigenvalue weighted by Gasteiger charge is -2.15. The van der Waals surface area contributed by atoms with Gasteiger partial charge in [0.1, 0.15) is 0 Å². The van der Waals surface area contributed by atoms with Gasteiger partial charge in [-0.25, -0.2) is 8.42 Å². The first-order chi connectivity index (χ1) is 10.7. The van der Waals surface area contributed by atoms with E-state index in [-0.39, 0.29) is 11.9 Å². The fourth-order valence-corrected chi connectivity index (χ4v) is 3.05. The van der Waals surface area contributed by atoms with Gasteiger partial charge < -0.3 is 5.32 Å². The number of halogens is 1. The van der Waals surface area contributed by atoms with Crippen molar-refractivity contribution < 1.29 is 13.2 Å². The number of nitrogens with one attached hydrogen (secondary N) is 2. The van der Waals surface area contributed by atoms with Crippen LogP contribution in [0.1, 0.15) is 28.9 Å². The zero-order valence-corrected chi connectivity index (χ0v) is 15.1. The van der Waals surface area contributed by atoms with Crippen LogP contribution in [0.2, 0.25) is 0 Å². The van der Waals surface area contributed by atoms with Gasteiger partial charge >= 0.3 is 0 Å². The molecule has 0 saturated heterocycles. The predicted molar refractivity (Wildman–Crippen MR) is 94.9 cm³/mol. The summed E-state index contributed by atoms with van der Waals surface area (Å²) < 4.78 is 25.8. The number of hydrogen-bond donors (Lipinski definition) is 2.